The fourth-order valence-corrected chi connectivity index (χ4v) is 2.55. The first kappa shape index (κ1) is 16.6. The Labute approximate surface area is 142 Å². The van der Waals surface area contributed by atoms with Crippen LogP contribution in [0.15, 0.2) is 30.7 Å². The lowest BCUT2D eigenvalue weighted by Gasteiger charge is -2.26. The molecule has 0 aliphatic carbocycles. The Bertz CT molecular complexity index is 630. The lowest BCUT2D eigenvalue weighted by molar-refractivity contribution is 0.0398. The zero-order chi connectivity index (χ0) is 16.6. The van der Waals surface area contributed by atoms with E-state index in [9.17, 15) is 0 Å². The highest BCUT2D eigenvalue weighted by molar-refractivity contribution is 5.46. The van der Waals surface area contributed by atoms with Crippen molar-refractivity contribution in [3.05, 3.63) is 41.9 Å². The van der Waals surface area contributed by atoms with E-state index in [4.69, 9.17) is 4.74 Å². The monoisotopic (exact) mass is 328 g/mol. The van der Waals surface area contributed by atoms with Crippen LogP contribution in [0.1, 0.15) is 11.1 Å². The second-order valence-corrected chi connectivity index (χ2v) is 5.82. The maximum Gasteiger partial charge on any atom is 0.224 e. The fraction of sp³-hybridized carbons (Fsp3) is 0.471. The molecule has 0 saturated carbocycles. The number of morpholine rings is 1. The summed E-state index contributed by atoms with van der Waals surface area (Å²) in [6, 6.07) is 3.95. The van der Waals surface area contributed by atoms with E-state index in [0.29, 0.717) is 12.5 Å². The zero-order valence-electron chi connectivity index (χ0n) is 14.0. The molecule has 7 heteroatoms. The summed E-state index contributed by atoms with van der Waals surface area (Å²) in [6.07, 6.45) is 5.45. The maximum absolute atomic E-state index is 5.37. The maximum atomic E-state index is 5.37. The van der Waals surface area contributed by atoms with Crippen LogP contribution in [-0.4, -0.2) is 59.2 Å². The van der Waals surface area contributed by atoms with Gasteiger partial charge in [0.05, 0.1) is 13.2 Å². The molecule has 0 bridgehead atoms. The van der Waals surface area contributed by atoms with Gasteiger partial charge in [0, 0.05) is 56.9 Å². The number of aromatic nitrogens is 3. The van der Waals surface area contributed by atoms with Crippen molar-refractivity contribution in [1.82, 2.24) is 19.9 Å². The van der Waals surface area contributed by atoms with Crippen molar-refractivity contribution in [2.75, 3.05) is 50.0 Å². The molecule has 0 amide bonds. The normalized spacial score (nSPS) is 15.2. The SMILES string of the molecule is Cc1cnc(NCc2cccnc2)nc1NCCN1CCOCC1. The van der Waals surface area contributed by atoms with Crippen molar-refractivity contribution in [2.24, 2.45) is 0 Å². The number of nitrogens with zero attached hydrogens (tertiary/aromatic N) is 4. The van der Waals surface area contributed by atoms with Crippen LogP contribution < -0.4 is 10.6 Å². The van der Waals surface area contributed by atoms with Crippen molar-refractivity contribution in [2.45, 2.75) is 13.5 Å². The van der Waals surface area contributed by atoms with Crippen LogP contribution in [0.2, 0.25) is 0 Å². The minimum atomic E-state index is 0.623. The number of aryl methyl sites for hydroxylation is 1. The van der Waals surface area contributed by atoms with Crippen molar-refractivity contribution in [3.63, 3.8) is 0 Å². The number of ether oxygens (including phenoxy) is 1. The third-order valence-electron chi connectivity index (χ3n) is 3.97. The molecule has 1 aliphatic rings. The highest BCUT2D eigenvalue weighted by atomic mass is 16.5. The van der Waals surface area contributed by atoms with E-state index >= 15 is 0 Å². The molecular weight excluding hydrogens is 304 g/mol. The van der Waals surface area contributed by atoms with Crippen molar-refractivity contribution in [1.29, 1.82) is 0 Å². The Morgan fingerprint density at radius 1 is 1.21 bits per heavy atom. The van der Waals surface area contributed by atoms with E-state index in [2.05, 4.69) is 30.5 Å². The van der Waals surface area contributed by atoms with E-state index in [-0.39, 0.29) is 0 Å². The van der Waals surface area contributed by atoms with Gasteiger partial charge in [0.2, 0.25) is 5.95 Å². The molecule has 24 heavy (non-hydrogen) atoms. The molecule has 128 valence electrons. The van der Waals surface area contributed by atoms with Crippen LogP contribution in [0.5, 0.6) is 0 Å². The van der Waals surface area contributed by atoms with E-state index in [1.807, 2.05) is 31.5 Å². The van der Waals surface area contributed by atoms with Crippen LogP contribution in [-0.2, 0) is 11.3 Å². The predicted molar refractivity (Wildman–Crippen MR) is 94.1 cm³/mol. The number of hydrogen-bond donors (Lipinski definition) is 2. The van der Waals surface area contributed by atoms with Crippen molar-refractivity contribution in [3.8, 4) is 0 Å². The molecule has 0 spiro atoms. The van der Waals surface area contributed by atoms with Gasteiger partial charge in [-0.3, -0.25) is 9.88 Å². The van der Waals surface area contributed by atoms with Crippen LogP contribution >= 0.6 is 0 Å². The first-order valence-electron chi connectivity index (χ1n) is 8.31. The van der Waals surface area contributed by atoms with Gasteiger partial charge in [-0.1, -0.05) is 6.07 Å². The highest BCUT2D eigenvalue weighted by Gasteiger charge is 2.10. The number of nitrogens with one attached hydrogen (secondary N) is 2. The standard InChI is InChI=1S/C17H24N6O/c1-14-11-20-17(21-13-15-3-2-4-18-12-15)22-16(14)19-5-6-23-7-9-24-10-8-23/h2-4,11-12H,5-10,13H2,1H3,(H2,19,20,21,22). The minimum absolute atomic E-state index is 0.623. The Morgan fingerprint density at radius 3 is 2.88 bits per heavy atom. The lowest BCUT2D eigenvalue weighted by Crippen LogP contribution is -2.39. The van der Waals surface area contributed by atoms with Crippen molar-refractivity contribution >= 4 is 11.8 Å². The van der Waals surface area contributed by atoms with E-state index in [1.165, 1.54) is 0 Å². The van der Waals surface area contributed by atoms with E-state index in [0.717, 1.165) is 56.3 Å². The van der Waals surface area contributed by atoms with Gasteiger partial charge in [-0.15, -0.1) is 0 Å². The molecule has 0 radical (unpaired) electrons. The van der Waals surface area contributed by atoms with Crippen LogP contribution in [0, 0.1) is 6.92 Å². The largest absolute Gasteiger partial charge is 0.379 e. The third kappa shape index (κ3) is 4.87. The van der Waals surface area contributed by atoms with Gasteiger partial charge in [0.1, 0.15) is 5.82 Å². The molecule has 3 heterocycles. The third-order valence-corrected chi connectivity index (χ3v) is 3.97. The Hall–Kier alpha value is -2.25. The molecule has 7 nitrogen and oxygen atoms in total. The van der Waals surface area contributed by atoms with E-state index < -0.39 is 0 Å². The second-order valence-electron chi connectivity index (χ2n) is 5.82. The molecule has 0 unspecified atom stereocenters. The first-order chi connectivity index (χ1) is 11.8. The average molecular weight is 328 g/mol. The summed E-state index contributed by atoms with van der Waals surface area (Å²) in [5, 5.41) is 6.65. The average Bonchev–Trinajstić information content (AvgIpc) is 2.64. The van der Waals surface area contributed by atoms with Gasteiger partial charge in [0.25, 0.3) is 0 Å². The van der Waals surface area contributed by atoms with Gasteiger partial charge < -0.3 is 15.4 Å². The topological polar surface area (TPSA) is 75.2 Å². The molecule has 0 aromatic carbocycles. The van der Waals surface area contributed by atoms with Gasteiger partial charge in [-0.05, 0) is 18.6 Å². The van der Waals surface area contributed by atoms with Crippen LogP contribution in [0.4, 0.5) is 11.8 Å². The van der Waals surface area contributed by atoms with E-state index in [1.54, 1.807) is 6.20 Å². The summed E-state index contributed by atoms with van der Waals surface area (Å²) in [7, 11) is 0. The second kappa shape index (κ2) is 8.56. The Morgan fingerprint density at radius 2 is 2.08 bits per heavy atom. The molecule has 1 aliphatic heterocycles. The number of hydrogen-bond acceptors (Lipinski definition) is 7. The zero-order valence-corrected chi connectivity index (χ0v) is 14.0. The lowest BCUT2D eigenvalue weighted by atomic mass is 10.3. The summed E-state index contributed by atoms with van der Waals surface area (Å²) in [5.41, 5.74) is 2.15. The molecule has 1 fully saturated rings. The Kier molecular flexibility index (Phi) is 5.92. The van der Waals surface area contributed by atoms with Gasteiger partial charge in [-0.2, -0.15) is 4.98 Å². The van der Waals surface area contributed by atoms with Crippen LogP contribution in [0.25, 0.3) is 0 Å². The number of pyridine rings is 1. The molecule has 0 atom stereocenters. The molecular formula is C17H24N6O. The molecule has 1 saturated heterocycles. The summed E-state index contributed by atoms with van der Waals surface area (Å²) in [5.74, 6) is 1.50. The smallest absolute Gasteiger partial charge is 0.224 e. The summed E-state index contributed by atoms with van der Waals surface area (Å²) in [6.45, 7) is 8.19. The number of anilines is 2. The predicted octanol–water partition coefficient (Wildman–Crippen LogP) is 1.54. The van der Waals surface area contributed by atoms with Gasteiger partial charge >= 0.3 is 0 Å². The Balaban J connectivity index is 1.51. The molecule has 2 aromatic heterocycles. The van der Waals surface area contributed by atoms with Gasteiger partial charge in [-0.25, -0.2) is 4.98 Å². The molecule has 3 rings (SSSR count). The van der Waals surface area contributed by atoms with Crippen LogP contribution in [0.3, 0.4) is 0 Å². The minimum Gasteiger partial charge on any atom is -0.379 e. The number of rotatable bonds is 7. The summed E-state index contributed by atoms with van der Waals surface area (Å²) >= 11 is 0. The van der Waals surface area contributed by atoms with Crippen molar-refractivity contribution < 1.29 is 4.74 Å². The summed E-state index contributed by atoms with van der Waals surface area (Å²) < 4.78 is 5.37. The van der Waals surface area contributed by atoms with Gasteiger partial charge in [0.15, 0.2) is 0 Å². The summed E-state index contributed by atoms with van der Waals surface area (Å²) in [4.78, 5) is 15.4. The first-order valence-corrected chi connectivity index (χ1v) is 8.31. The fourth-order valence-electron chi connectivity index (χ4n) is 2.55. The molecule has 2 N–H and O–H groups in total. The molecule has 2 aromatic rings. The highest BCUT2D eigenvalue weighted by Crippen LogP contribution is 2.13. The quantitative estimate of drug-likeness (QED) is 0.798.